The molecule has 1 aromatic rings. The summed E-state index contributed by atoms with van der Waals surface area (Å²) in [4.78, 5) is 11.9. The summed E-state index contributed by atoms with van der Waals surface area (Å²) in [7, 11) is 2.99. The third-order valence-electron chi connectivity index (χ3n) is 3.22. The van der Waals surface area contributed by atoms with E-state index >= 15 is 0 Å². The summed E-state index contributed by atoms with van der Waals surface area (Å²) in [6.07, 6.45) is 0. The van der Waals surface area contributed by atoms with Gasteiger partial charge in [0.15, 0.2) is 0 Å². The lowest BCUT2D eigenvalue weighted by molar-refractivity contribution is 0.204. The number of nitrogens with one attached hydrogen (secondary N) is 2. The van der Waals surface area contributed by atoms with E-state index in [4.69, 9.17) is 26.2 Å². The number of ether oxygens (including phenoxy) is 2. The van der Waals surface area contributed by atoms with Crippen molar-refractivity contribution in [2.75, 3.05) is 26.1 Å². The number of halogens is 1. The van der Waals surface area contributed by atoms with Gasteiger partial charge in [0, 0.05) is 18.7 Å². The Hall–Kier alpha value is -1.66. The quantitative estimate of drug-likeness (QED) is 0.753. The van der Waals surface area contributed by atoms with Gasteiger partial charge in [-0.3, -0.25) is 0 Å². The normalized spacial score (nSPS) is 13.2. The summed E-state index contributed by atoms with van der Waals surface area (Å²) >= 11 is 6.04. The fourth-order valence-corrected chi connectivity index (χ4v) is 1.86. The van der Waals surface area contributed by atoms with Crippen LogP contribution in [-0.4, -0.2) is 38.0 Å². The van der Waals surface area contributed by atoms with Crippen molar-refractivity contribution in [3.05, 3.63) is 17.2 Å². The Balaban J connectivity index is 2.82. The molecule has 0 unspecified atom stereocenters. The number of carbonyl (C=O) groups is 1. The molecule has 0 aliphatic carbocycles. The Labute approximate surface area is 129 Å². The first-order valence-electron chi connectivity index (χ1n) is 6.52. The number of urea groups is 1. The molecule has 0 bridgehead atoms. The lowest BCUT2D eigenvalue weighted by Gasteiger charge is -2.20. The number of aliphatic hydroxyl groups excluding tert-OH is 1. The second kappa shape index (κ2) is 7.95. The fraction of sp³-hybridized carbons (Fsp3) is 0.500. The van der Waals surface area contributed by atoms with Gasteiger partial charge in [-0.25, -0.2) is 4.79 Å². The van der Waals surface area contributed by atoms with Crippen LogP contribution in [0.2, 0.25) is 5.02 Å². The van der Waals surface area contributed by atoms with Gasteiger partial charge in [-0.2, -0.15) is 0 Å². The number of hydrogen-bond donors (Lipinski definition) is 3. The largest absolute Gasteiger partial charge is 0.495 e. The maximum atomic E-state index is 11.9. The topological polar surface area (TPSA) is 79.8 Å². The summed E-state index contributed by atoms with van der Waals surface area (Å²) in [5.41, 5.74) is 0.435. The summed E-state index contributed by atoms with van der Waals surface area (Å²) in [6, 6.07) is 2.58. The van der Waals surface area contributed by atoms with Gasteiger partial charge in [0.2, 0.25) is 0 Å². The lowest BCUT2D eigenvalue weighted by atomic mass is 10.1. The predicted octanol–water partition coefficient (Wildman–Crippen LogP) is 2.50. The van der Waals surface area contributed by atoms with Gasteiger partial charge in [-0.05, 0) is 18.9 Å². The molecule has 0 radical (unpaired) electrons. The van der Waals surface area contributed by atoms with Crippen LogP contribution in [0.1, 0.15) is 13.8 Å². The van der Waals surface area contributed by atoms with Crippen LogP contribution in [0.5, 0.6) is 11.5 Å². The van der Waals surface area contributed by atoms with E-state index in [9.17, 15) is 4.79 Å². The Morgan fingerprint density at radius 3 is 2.43 bits per heavy atom. The van der Waals surface area contributed by atoms with E-state index in [1.165, 1.54) is 14.2 Å². The molecule has 2 amide bonds. The maximum absolute atomic E-state index is 11.9. The summed E-state index contributed by atoms with van der Waals surface area (Å²) in [5.74, 6) is 0.855. The highest BCUT2D eigenvalue weighted by Crippen LogP contribution is 2.35. The number of aliphatic hydroxyl groups is 1. The van der Waals surface area contributed by atoms with Crippen LogP contribution in [0.15, 0.2) is 12.1 Å². The highest BCUT2D eigenvalue weighted by Gasteiger charge is 2.16. The van der Waals surface area contributed by atoms with Crippen molar-refractivity contribution in [3.63, 3.8) is 0 Å². The minimum absolute atomic E-state index is 0.000861. The van der Waals surface area contributed by atoms with Gasteiger partial charge in [0.05, 0.1) is 24.9 Å². The predicted molar refractivity (Wildman–Crippen MR) is 82.4 cm³/mol. The van der Waals surface area contributed by atoms with Crippen LogP contribution in [0.25, 0.3) is 0 Å². The SMILES string of the molecule is COc1cc(OC)c(NC(=O)N[C@H](C)[C@H](C)CO)cc1Cl. The molecule has 0 aromatic heterocycles. The van der Waals surface area contributed by atoms with Gasteiger partial charge >= 0.3 is 6.03 Å². The highest BCUT2D eigenvalue weighted by molar-refractivity contribution is 6.32. The molecule has 0 saturated heterocycles. The van der Waals surface area contributed by atoms with Crippen LogP contribution >= 0.6 is 11.6 Å². The molecule has 0 saturated carbocycles. The molecule has 6 nitrogen and oxygen atoms in total. The molecule has 118 valence electrons. The maximum Gasteiger partial charge on any atom is 0.319 e. The molecule has 0 aliphatic heterocycles. The molecule has 2 atom stereocenters. The smallest absolute Gasteiger partial charge is 0.319 e. The van der Waals surface area contributed by atoms with E-state index in [2.05, 4.69) is 10.6 Å². The lowest BCUT2D eigenvalue weighted by Crippen LogP contribution is -2.40. The molecule has 7 heteroatoms. The Kier molecular flexibility index (Phi) is 6.58. The average molecular weight is 317 g/mol. The third-order valence-corrected chi connectivity index (χ3v) is 3.52. The standard InChI is InChI=1S/C14H21ClN2O4/c1-8(7-18)9(2)16-14(19)17-11-5-10(15)12(20-3)6-13(11)21-4/h5-6,8-9,18H,7H2,1-4H3,(H2,16,17,19)/t8-,9-/m1/s1. The van der Waals surface area contributed by atoms with Crippen molar-refractivity contribution < 1.29 is 19.4 Å². The zero-order chi connectivity index (χ0) is 16.0. The number of hydrogen-bond acceptors (Lipinski definition) is 4. The monoisotopic (exact) mass is 316 g/mol. The summed E-state index contributed by atoms with van der Waals surface area (Å²) in [5, 5.41) is 14.8. The summed E-state index contributed by atoms with van der Waals surface area (Å²) in [6.45, 7) is 3.66. The summed E-state index contributed by atoms with van der Waals surface area (Å²) < 4.78 is 10.3. The first kappa shape index (κ1) is 17.4. The van der Waals surface area contributed by atoms with E-state index < -0.39 is 6.03 Å². The van der Waals surface area contributed by atoms with Gasteiger partial charge in [-0.15, -0.1) is 0 Å². The number of amides is 2. The first-order chi connectivity index (χ1) is 9.92. The first-order valence-corrected chi connectivity index (χ1v) is 6.90. The molecular weight excluding hydrogens is 296 g/mol. The zero-order valence-electron chi connectivity index (χ0n) is 12.6. The molecule has 21 heavy (non-hydrogen) atoms. The van der Waals surface area contributed by atoms with E-state index in [0.29, 0.717) is 22.2 Å². The van der Waals surface area contributed by atoms with Gasteiger partial charge in [0.1, 0.15) is 11.5 Å². The number of methoxy groups -OCH3 is 2. The number of carbonyl (C=O) groups excluding carboxylic acids is 1. The van der Waals surface area contributed by atoms with Gasteiger partial charge in [0.25, 0.3) is 0 Å². The molecule has 0 spiro atoms. The minimum Gasteiger partial charge on any atom is -0.495 e. The van der Waals surface area contributed by atoms with Crippen LogP contribution in [0, 0.1) is 5.92 Å². The molecular formula is C14H21ClN2O4. The third kappa shape index (κ3) is 4.68. The number of rotatable bonds is 6. The van der Waals surface area contributed by atoms with Crippen LogP contribution in [-0.2, 0) is 0 Å². The molecule has 0 heterocycles. The van der Waals surface area contributed by atoms with Gasteiger partial charge < -0.3 is 25.2 Å². The Bertz CT molecular complexity index is 496. The number of benzene rings is 1. The van der Waals surface area contributed by atoms with E-state index in [0.717, 1.165) is 0 Å². The Morgan fingerprint density at radius 2 is 1.90 bits per heavy atom. The minimum atomic E-state index is -0.401. The average Bonchev–Trinajstić information content (AvgIpc) is 2.46. The number of anilines is 1. The molecule has 0 fully saturated rings. The Morgan fingerprint density at radius 1 is 1.29 bits per heavy atom. The van der Waals surface area contributed by atoms with E-state index in [1.807, 2.05) is 13.8 Å². The second-order valence-electron chi connectivity index (χ2n) is 4.73. The van der Waals surface area contributed by atoms with Crippen molar-refractivity contribution in [3.8, 4) is 11.5 Å². The van der Waals surface area contributed by atoms with E-state index in [1.54, 1.807) is 12.1 Å². The molecule has 0 aliphatic rings. The van der Waals surface area contributed by atoms with Crippen molar-refractivity contribution in [2.45, 2.75) is 19.9 Å². The van der Waals surface area contributed by atoms with Crippen molar-refractivity contribution >= 4 is 23.3 Å². The van der Waals surface area contributed by atoms with Crippen LogP contribution < -0.4 is 20.1 Å². The zero-order valence-corrected chi connectivity index (χ0v) is 13.3. The van der Waals surface area contributed by atoms with Crippen LogP contribution in [0.4, 0.5) is 10.5 Å². The second-order valence-corrected chi connectivity index (χ2v) is 5.14. The van der Waals surface area contributed by atoms with Crippen LogP contribution in [0.3, 0.4) is 0 Å². The highest BCUT2D eigenvalue weighted by atomic mass is 35.5. The molecule has 3 N–H and O–H groups in total. The molecule has 1 aromatic carbocycles. The van der Waals surface area contributed by atoms with Crippen molar-refractivity contribution in [1.82, 2.24) is 5.32 Å². The van der Waals surface area contributed by atoms with E-state index in [-0.39, 0.29) is 18.6 Å². The van der Waals surface area contributed by atoms with Crippen molar-refractivity contribution in [2.24, 2.45) is 5.92 Å². The van der Waals surface area contributed by atoms with Crippen molar-refractivity contribution in [1.29, 1.82) is 0 Å². The van der Waals surface area contributed by atoms with Gasteiger partial charge in [-0.1, -0.05) is 18.5 Å². The fourth-order valence-electron chi connectivity index (χ4n) is 1.62. The molecule has 1 rings (SSSR count).